The van der Waals surface area contributed by atoms with Gasteiger partial charge >= 0.3 is 0 Å². The van der Waals surface area contributed by atoms with E-state index in [1.54, 1.807) is 0 Å². The van der Waals surface area contributed by atoms with E-state index in [0.29, 0.717) is 12.5 Å². The fourth-order valence-corrected chi connectivity index (χ4v) is 1.78. The highest BCUT2D eigenvalue weighted by Gasteiger charge is 2.11. The van der Waals surface area contributed by atoms with E-state index in [2.05, 4.69) is 27.7 Å². The van der Waals surface area contributed by atoms with E-state index < -0.39 is 0 Å². The molecule has 0 aromatic heterocycles. The first-order valence-electron chi connectivity index (χ1n) is 6.91. The molecule has 0 radical (unpaired) electrons. The largest absolute Gasteiger partial charge is 0.493 e. The topological polar surface area (TPSA) is 18.5 Å². The Morgan fingerprint density at radius 1 is 1.11 bits per heavy atom. The molecule has 3 heteroatoms. The predicted molar refractivity (Wildman–Crippen MR) is 81.4 cm³/mol. The molecule has 1 aromatic carbocycles. The van der Waals surface area contributed by atoms with Gasteiger partial charge in [0, 0.05) is 11.6 Å². The number of alkyl halides is 1. The second kappa shape index (κ2) is 7.64. The summed E-state index contributed by atoms with van der Waals surface area (Å²) in [6.07, 6.45) is 2.01. The van der Waals surface area contributed by atoms with Crippen molar-refractivity contribution in [3.63, 3.8) is 0 Å². The molecule has 1 aromatic rings. The molecular formula is C16H25ClO2. The van der Waals surface area contributed by atoms with E-state index in [9.17, 15) is 0 Å². The molecule has 0 bridgehead atoms. The van der Waals surface area contributed by atoms with Gasteiger partial charge in [0.05, 0.1) is 19.1 Å². The van der Waals surface area contributed by atoms with Gasteiger partial charge in [0.1, 0.15) is 11.5 Å². The third-order valence-electron chi connectivity index (χ3n) is 2.77. The van der Waals surface area contributed by atoms with E-state index in [1.165, 1.54) is 0 Å². The Morgan fingerprint density at radius 2 is 1.84 bits per heavy atom. The Labute approximate surface area is 122 Å². The van der Waals surface area contributed by atoms with Gasteiger partial charge in [-0.05, 0) is 24.3 Å². The maximum Gasteiger partial charge on any atom is 0.127 e. The fourth-order valence-electron chi connectivity index (χ4n) is 1.56. The summed E-state index contributed by atoms with van der Waals surface area (Å²) < 4.78 is 11.5. The van der Waals surface area contributed by atoms with Gasteiger partial charge in [0.15, 0.2) is 0 Å². The first-order chi connectivity index (χ1) is 8.96. The van der Waals surface area contributed by atoms with Gasteiger partial charge in [-0.2, -0.15) is 0 Å². The van der Waals surface area contributed by atoms with Crippen molar-refractivity contribution >= 4 is 11.6 Å². The minimum atomic E-state index is 0.275. The third-order valence-corrected chi connectivity index (χ3v) is 3.05. The SMILES string of the molecule is CCCOc1ccc(CCl)c(OCCC(C)(C)C)c1. The minimum absolute atomic E-state index is 0.275. The van der Waals surface area contributed by atoms with Crippen LogP contribution in [-0.2, 0) is 5.88 Å². The zero-order valence-electron chi connectivity index (χ0n) is 12.5. The molecule has 19 heavy (non-hydrogen) atoms. The predicted octanol–water partition coefficient (Wildman–Crippen LogP) is 5.03. The Kier molecular flexibility index (Phi) is 6.50. The van der Waals surface area contributed by atoms with Crippen molar-refractivity contribution in [1.29, 1.82) is 0 Å². The Balaban J connectivity index is 2.67. The van der Waals surface area contributed by atoms with Crippen LogP contribution in [0.2, 0.25) is 0 Å². The number of ether oxygens (including phenoxy) is 2. The molecule has 0 saturated carbocycles. The normalized spacial score (nSPS) is 11.4. The smallest absolute Gasteiger partial charge is 0.127 e. The van der Waals surface area contributed by atoms with Gasteiger partial charge in [-0.25, -0.2) is 0 Å². The fraction of sp³-hybridized carbons (Fsp3) is 0.625. The zero-order valence-corrected chi connectivity index (χ0v) is 13.2. The molecule has 108 valence electrons. The number of hydrogen-bond acceptors (Lipinski definition) is 2. The lowest BCUT2D eigenvalue weighted by Crippen LogP contribution is -2.11. The van der Waals surface area contributed by atoms with Crippen LogP contribution in [0.4, 0.5) is 0 Å². The second-order valence-corrected chi connectivity index (χ2v) is 6.18. The Hall–Kier alpha value is -0.890. The summed E-state index contributed by atoms with van der Waals surface area (Å²) in [5, 5.41) is 0. The average molecular weight is 285 g/mol. The summed E-state index contributed by atoms with van der Waals surface area (Å²) in [6.45, 7) is 10.1. The lowest BCUT2D eigenvalue weighted by atomic mass is 9.93. The van der Waals surface area contributed by atoms with Gasteiger partial charge < -0.3 is 9.47 Å². The summed E-state index contributed by atoms with van der Waals surface area (Å²) in [6, 6.07) is 5.87. The van der Waals surface area contributed by atoms with Crippen LogP contribution in [0.25, 0.3) is 0 Å². The molecule has 0 aliphatic heterocycles. The first-order valence-corrected chi connectivity index (χ1v) is 7.44. The monoisotopic (exact) mass is 284 g/mol. The molecule has 0 heterocycles. The van der Waals surface area contributed by atoms with Crippen LogP contribution < -0.4 is 9.47 Å². The molecule has 0 aliphatic carbocycles. The highest BCUT2D eigenvalue weighted by Crippen LogP contribution is 2.27. The lowest BCUT2D eigenvalue weighted by Gasteiger charge is -2.19. The summed E-state index contributed by atoms with van der Waals surface area (Å²) >= 11 is 5.94. The standard InChI is InChI=1S/C16H25ClO2/c1-5-9-18-14-7-6-13(12-17)15(11-14)19-10-8-16(2,3)4/h6-7,11H,5,8-10,12H2,1-4H3. The molecule has 2 nitrogen and oxygen atoms in total. The molecule has 1 rings (SSSR count). The van der Waals surface area contributed by atoms with Gasteiger partial charge in [-0.1, -0.05) is 33.8 Å². The van der Waals surface area contributed by atoms with E-state index in [0.717, 1.165) is 36.5 Å². The number of hydrogen-bond donors (Lipinski definition) is 0. The number of rotatable bonds is 7. The van der Waals surface area contributed by atoms with Crippen molar-refractivity contribution in [2.24, 2.45) is 5.41 Å². The second-order valence-electron chi connectivity index (χ2n) is 5.91. The molecular weight excluding hydrogens is 260 g/mol. The van der Waals surface area contributed by atoms with Gasteiger partial charge in [0.25, 0.3) is 0 Å². The van der Waals surface area contributed by atoms with Crippen molar-refractivity contribution < 1.29 is 9.47 Å². The van der Waals surface area contributed by atoms with Crippen LogP contribution in [0.3, 0.4) is 0 Å². The quantitative estimate of drug-likeness (QED) is 0.654. The molecule has 0 fully saturated rings. The van der Waals surface area contributed by atoms with Gasteiger partial charge in [0.2, 0.25) is 0 Å². The van der Waals surface area contributed by atoms with Crippen LogP contribution in [0.1, 0.15) is 46.1 Å². The van der Waals surface area contributed by atoms with E-state index in [1.807, 2.05) is 18.2 Å². The van der Waals surface area contributed by atoms with Crippen molar-refractivity contribution in [2.45, 2.75) is 46.4 Å². The summed E-state index contributed by atoms with van der Waals surface area (Å²) in [4.78, 5) is 0. The molecule has 0 atom stereocenters. The maximum absolute atomic E-state index is 5.94. The first kappa shape index (κ1) is 16.2. The van der Waals surface area contributed by atoms with Crippen molar-refractivity contribution in [2.75, 3.05) is 13.2 Å². The molecule has 0 N–H and O–H groups in total. The summed E-state index contributed by atoms with van der Waals surface area (Å²) in [5.41, 5.74) is 1.29. The average Bonchev–Trinajstić information content (AvgIpc) is 2.35. The van der Waals surface area contributed by atoms with Crippen molar-refractivity contribution in [3.8, 4) is 11.5 Å². The highest BCUT2D eigenvalue weighted by atomic mass is 35.5. The molecule has 0 aliphatic rings. The zero-order chi connectivity index (χ0) is 14.3. The highest BCUT2D eigenvalue weighted by molar-refractivity contribution is 6.17. The molecule has 0 amide bonds. The van der Waals surface area contributed by atoms with Crippen LogP contribution in [0.5, 0.6) is 11.5 Å². The summed E-state index contributed by atoms with van der Waals surface area (Å²) in [5.74, 6) is 2.15. The minimum Gasteiger partial charge on any atom is -0.493 e. The van der Waals surface area contributed by atoms with Crippen molar-refractivity contribution in [1.82, 2.24) is 0 Å². The van der Waals surface area contributed by atoms with Crippen LogP contribution in [0, 0.1) is 5.41 Å². The third kappa shape index (κ3) is 6.20. The van der Waals surface area contributed by atoms with Gasteiger partial charge in [-0.3, -0.25) is 0 Å². The number of halogens is 1. The van der Waals surface area contributed by atoms with Crippen molar-refractivity contribution in [3.05, 3.63) is 23.8 Å². The maximum atomic E-state index is 5.94. The van der Waals surface area contributed by atoms with Crippen LogP contribution >= 0.6 is 11.6 Å². The number of benzene rings is 1. The Morgan fingerprint density at radius 3 is 2.42 bits per heavy atom. The van der Waals surface area contributed by atoms with Gasteiger partial charge in [-0.15, -0.1) is 11.6 Å². The molecule has 0 spiro atoms. The molecule has 0 unspecified atom stereocenters. The molecule has 0 saturated heterocycles. The van der Waals surface area contributed by atoms with E-state index in [4.69, 9.17) is 21.1 Å². The van der Waals surface area contributed by atoms with Crippen LogP contribution in [0.15, 0.2) is 18.2 Å². The van der Waals surface area contributed by atoms with E-state index >= 15 is 0 Å². The Bertz CT molecular complexity index is 383. The summed E-state index contributed by atoms with van der Waals surface area (Å²) in [7, 11) is 0. The van der Waals surface area contributed by atoms with E-state index in [-0.39, 0.29) is 5.41 Å². The van der Waals surface area contributed by atoms with Crippen LogP contribution in [-0.4, -0.2) is 13.2 Å². The lowest BCUT2D eigenvalue weighted by molar-refractivity contribution is 0.240.